The highest BCUT2D eigenvalue weighted by Crippen LogP contribution is 2.23. The average Bonchev–Trinajstić information content (AvgIpc) is 3.26. The molecule has 31 heavy (non-hydrogen) atoms. The molecule has 0 saturated carbocycles. The van der Waals surface area contributed by atoms with Crippen molar-refractivity contribution >= 4 is 35.8 Å². The molecule has 1 aliphatic heterocycles. The van der Waals surface area contributed by atoms with Crippen molar-refractivity contribution in [2.75, 3.05) is 47.0 Å². The minimum Gasteiger partial charge on any atom is -0.497 e. The van der Waals surface area contributed by atoms with Gasteiger partial charge in [-0.05, 0) is 29.8 Å². The van der Waals surface area contributed by atoms with Crippen LogP contribution in [-0.2, 0) is 11.3 Å². The highest BCUT2D eigenvalue weighted by Gasteiger charge is 2.23. The molecule has 0 radical (unpaired) electrons. The second kappa shape index (κ2) is 12.5. The molecule has 2 heterocycles. The number of nitrogens with zero attached hydrogens (tertiary/aromatic N) is 2. The Morgan fingerprint density at radius 1 is 1.19 bits per heavy atom. The van der Waals surface area contributed by atoms with Gasteiger partial charge >= 0.3 is 0 Å². The summed E-state index contributed by atoms with van der Waals surface area (Å²) in [6.07, 6.45) is 0. The molecule has 1 saturated heterocycles. The van der Waals surface area contributed by atoms with Crippen LogP contribution in [0, 0.1) is 0 Å². The summed E-state index contributed by atoms with van der Waals surface area (Å²) in [4.78, 5) is 17.8. The Bertz CT molecular complexity index is 850. The molecule has 10 heteroatoms. The Morgan fingerprint density at radius 3 is 2.48 bits per heavy atom. The van der Waals surface area contributed by atoms with Crippen LogP contribution in [0.25, 0.3) is 0 Å². The lowest BCUT2D eigenvalue weighted by atomic mass is 10.0. The second-order valence-electron chi connectivity index (χ2n) is 6.87. The number of primary amides is 1. The molecule has 1 aromatic heterocycles. The Kier molecular flexibility index (Phi) is 10.1. The fraction of sp³-hybridized carbons (Fsp3) is 0.429. The van der Waals surface area contributed by atoms with Crippen molar-refractivity contribution in [2.24, 2.45) is 10.7 Å². The van der Waals surface area contributed by atoms with E-state index in [0.29, 0.717) is 24.8 Å². The molecule has 1 aromatic carbocycles. The summed E-state index contributed by atoms with van der Waals surface area (Å²) in [6.45, 7) is 4.23. The third-order valence-electron chi connectivity index (χ3n) is 5.01. The number of morpholine rings is 1. The minimum atomic E-state index is -0.586. The van der Waals surface area contributed by atoms with Gasteiger partial charge in [-0.15, -0.1) is 24.0 Å². The molecule has 9 nitrogen and oxygen atoms in total. The zero-order valence-corrected chi connectivity index (χ0v) is 20.1. The first-order chi connectivity index (χ1) is 14.6. The summed E-state index contributed by atoms with van der Waals surface area (Å²) in [5.74, 6) is 1.63. The van der Waals surface area contributed by atoms with E-state index in [1.807, 2.05) is 12.1 Å². The Balaban J connectivity index is 0.00000341. The molecule has 170 valence electrons. The maximum Gasteiger partial charge on any atom is 0.284 e. The quantitative estimate of drug-likeness (QED) is 0.264. The van der Waals surface area contributed by atoms with E-state index in [9.17, 15) is 4.79 Å². The van der Waals surface area contributed by atoms with Gasteiger partial charge in [-0.2, -0.15) is 0 Å². The normalized spacial score (nSPS) is 15.6. The van der Waals surface area contributed by atoms with E-state index < -0.39 is 5.91 Å². The molecule has 0 spiro atoms. The minimum absolute atomic E-state index is 0. The van der Waals surface area contributed by atoms with Crippen molar-refractivity contribution < 1.29 is 18.7 Å². The van der Waals surface area contributed by atoms with E-state index in [4.69, 9.17) is 19.6 Å². The van der Waals surface area contributed by atoms with E-state index in [1.165, 1.54) is 5.56 Å². The van der Waals surface area contributed by atoms with Gasteiger partial charge in [-0.3, -0.25) is 14.7 Å². The highest BCUT2D eigenvalue weighted by atomic mass is 127. The number of hydrogen-bond donors (Lipinski definition) is 3. The smallest absolute Gasteiger partial charge is 0.284 e. The van der Waals surface area contributed by atoms with Crippen LogP contribution < -0.4 is 21.1 Å². The fourth-order valence-electron chi connectivity index (χ4n) is 3.36. The molecule has 1 fully saturated rings. The van der Waals surface area contributed by atoms with Gasteiger partial charge in [0.1, 0.15) is 11.5 Å². The number of aliphatic imine (C=N–C) groups is 1. The molecule has 2 aromatic rings. The largest absolute Gasteiger partial charge is 0.497 e. The lowest BCUT2D eigenvalue weighted by Crippen LogP contribution is -2.46. The lowest BCUT2D eigenvalue weighted by Gasteiger charge is -2.35. The van der Waals surface area contributed by atoms with Crippen molar-refractivity contribution in [2.45, 2.75) is 12.6 Å². The molecule has 3 rings (SSSR count). The summed E-state index contributed by atoms with van der Waals surface area (Å²) in [5, 5.41) is 6.58. The van der Waals surface area contributed by atoms with E-state index in [0.717, 1.165) is 32.1 Å². The van der Waals surface area contributed by atoms with Crippen LogP contribution in [0.1, 0.15) is 27.9 Å². The Hall–Kier alpha value is -2.31. The average molecular weight is 543 g/mol. The summed E-state index contributed by atoms with van der Waals surface area (Å²) in [6, 6.07) is 11.6. The summed E-state index contributed by atoms with van der Waals surface area (Å²) >= 11 is 0. The van der Waals surface area contributed by atoms with Gasteiger partial charge in [-0.1, -0.05) is 12.1 Å². The summed E-state index contributed by atoms with van der Waals surface area (Å²) < 4.78 is 16.2. The third kappa shape index (κ3) is 7.11. The van der Waals surface area contributed by atoms with Crippen molar-refractivity contribution in [1.29, 1.82) is 0 Å². The molecular weight excluding hydrogens is 513 g/mol. The molecule has 1 aliphatic rings. The SMILES string of the molecule is CN=C(NCc1ccc(C(N)=O)o1)NCC(c1ccc(OC)cc1)N1CCOCC1.I. The first-order valence-electron chi connectivity index (χ1n) is 9.89. The van der Waals surface area contributed by atoms with E-state index >= 15 is 0 Å². The number of nitrogens with one attached hydrogen (secondary N) is 2. The molecule has 0 bridgehead atoms. The molecule has 1 amide bonds. The maximum absolute atomic E-state index is 11.2. The standard InChI is InChI=1S/C21H29N5O4.HI/c1-23-21(24-13-17-7-8-19(30-17)20(22)27)25-14-18(26-9-11-29-12-10-26)15-3-5-16(28-2)6-4-15;/h3-8,18H,9-14H2,1-2H3,(H2,22,27)(H2,23,24,25);1H. The number of benzene rings is 1. The zero-order chi connectivity index (χ0) is 21.3. The lowest BCUT2D eigenvalue weighted by molar-refractivity contribution is 0.0170. The fourth-order valence-corrected chi connectivity index (χ4v) is 3.36. The van der Waals surface area contributed by atoms with Gasteiger partial charge in [0.2, 0.25) is 0 Å². The van der Waals surface area contributed by atoms with Crippen LogP contribution in [0.5, 0.6) is 5.75 Å². The maximum atomic E-state index is 11.2. The van der Waals surface area contributed by atoms with Gasteiger partial charge in [0.15, 0.2) is 11.7 Å². The number of guanidine groups is 1. The molecular formula is C21H30IN5O4. The topological polar surface area (TPSA) is 114 Å². The van der Waals surface area contributed by atoms with Crippen LogP contribution in [0.2, 0.25) is 0 Å². The van der Waals surface area contributed by atoms with Crippen LogP contribution in [0.15, 0.2) is 45.8 Å². The highest BCUT2D eigenvalue weighted by molar-refractivity contribution is 14.0. The second-order valence-corrected chi connectivity index (χ2v) is 6.87. The summed E-state index contributed by atoms with van der Waals surface area (Å²) in [5.41, 5.74) is 6.42. The predicted octanol–water partition coefficient (Wildman–Crippen LogP) is 1.74. The van der Waals surface area contributed by atoms with Crippen LogP contribution in [-0.4, -0.2) is 63.8 Å². The van der Waals surface area contributed by atoms with E-state index in [-0.39, 0.29) is 35.8 Å². The van der Waals surface area contributed by atoms with Crippen LogP contribution in [0.4, 0.5) is 0 Å². The Labute approximate surface area is 199 Å². The predicted molar refractivity (Wildman–Crippen MR) is 129 cm³/mol. The van der Waals surface area contributed by atoms with Crippen molar-refractivity contribution in [3.8, 4) is 5.75 Å². The third-order valence-corrected chi connectivity index (χ3v) is 5.01. The number of carbonyl (C=O) groups excluding carboxylic acids is 1. The number of nitrogens with two attached hydrogens (primary N) is 1. The molecule has 1 atom stereocenters. The van der Waals surface area contributed by atoms with Crippen molar-refractivity contribution in [1.82, 2.24) is 15.5 Å². The van der Waals surface area contributed by atoms with E-state index in [2.05, 4.69) is 32.7 Å². The number of furan rings is 1. The number of methoxy groups -OCH3 is 1. The molecule has 1 unspecified atom stereocenters. The number of ether oxygens (including phenoxy) is 2. The first kappa shape index (κ1) is 25.0. The van der Waals surface area contributed by atoms with Gasteiger partial charge in [0.05, 0.1) is 32.9 Å². The first-order valence-corrected chi connectivity index (χ1v) is 9.89. The van der Waals surface area contributed by atoms with Gasteiger partial charge in [-0.25, -0.2) is 0 Å². The van der Waals surface area contributed by atoms with Gasteiger partial charge < -0.3 is 30.3 Å². The van der Waals surface area contributed by atoms with Crippen molar-refractivity contribution in [3.05, 3.63) is 53.5 Å². The monoisotopic (exact) mass is 543 g/mol. The number of hydrogen-bond acceptors (Lipinski definition) is 6. The molecule has 4 N–H and O–H groups in total. The number of rotatable bonds is 8. The summed E-state index contributed by atoms with van der Waals surface area (Å²) in [7, 11) is 3.38. The van der Waals surface area contributed by atoms with E-state index in [1.54, 1.807) is 26.3 Å². The number of halogens is 1. The Morgan fingerprint density at radius 2 is 1.90 bits per heavy atom. The van der Waals surface area contributed by atoms with Crippen LogP contribution >= 0.6 is 24.0 Å². The van der Waals surface area contributed by atoms with Gasteiger partial charge in [0, 0.05) is 26.7 Å². The molecule has 0 aliphatic carbocycles. The van der Waals surface area contributed by atoms with Crippen LogP contribution in [0.3, 0.4) is 0 Å². The number of amides is 1. The zero-order valence-electron chi connectivity index (χ0n) is 17.8. The number of carbonyl (C=O) groups is 1. The van der Waals surface area contributed by atoms with Crippen molar-refractivity contribution in [3.63, 3.8) is 0 Å². The van der Waals surface area contributed by atoms with Gasteiger partial charge in [0.25, 0.3) is 5.91 Å².